The van der Waals surface area contributed by atoms with Gasteiger partial charge in [0.25, 0.3) is 5.56 Å². The number of piperidine rings is 1. The summed E-state index contributed by atoms with van der Waals surface area (Å²) in [5, 5.41) is 3.56. The van der Waals surface area contributed by atoms with E-state index in [0.717, 1.165) is 43.0 Å². The Balaban J connectivity index is 1.68. The molecule has 1 aliphatic carbocycles. The molecule has 0 radical (unpaired) electrons. The lowest BCUT2D eigenvalue weighted by Gasteiger charge is -2.34. The van der Waals surface area contributed by atoms with Gasteiger partial charge >= 0.3 is 0 Å². The number of hydrogen-bond donors (Lipinski definition) is 1. The minimum atomic E-state index is 0.0431. The Hall–Kier alpha value is -1.94. The lowest BCUT2D eigenvalue weighted by molar-refractivity contribution is 0.213. The molecule has 4 nitrogen and oxygen atoms in total. The lowest BCUT2D eigenvalue weighted by atomic mass is 9.78. The van der Waals surface area contributed by atoms with Crippen molar-refractivity contribution in [2.24, 2.45) is 12.5 Å². The van der Waals surface area contributed by atoms with Crippen LogP contribution in [0.2, 0.25) is 0 Å². The zero-order valence-electron chi connectivity index (χ0n) is 14.3. The Labute approximate surface area is 142 Å². The van der Waals surface area contributed by atoms with Crippen LogP contribution in [0.25, 0.3) is 11.3 Å². The van der Waals surface area contributed by atoms with Gasteiger partial charge in [0.2, 0.25) is 0 Å². The summed E-state index contributed by atoms with van der Waals surface area (Å²) in [6.45, 7) is 2.27. The Morgan fingerprint density at radius 1 is 1.25 bits per heavy atom. The quantitative estimate of drug-likeness (QED) is 0.924. The molecule has 2 unspecified atom stereocenters. The molecule has 2 heterocycles. The highest BCUT2D eigenvalue weighted by atomic mass is 16.1. The van der Waals surface area contributed by atoms with Gasteiger partial charge in [0.05, 0.1) is 5.69 Å². The monoisotopic (exact) mass is 323 g/mol. The van der Waals surface area contributed by atoms with E-state index in [0.29, 0.717) is 11.3 Å². The van der Waals surface area contributed by atoms with Crippen LogP contribution in [0.1, 0.15) is 43.8 Å². The summed E-state index contributed by atoms with van der Waals surface area (Å²) >= 11 is 0. The van der Waals surface area contributed by atoms with Gasteiger partial charge in [-0.1, -0.05) is 30.3 Å². The molecule has 1 aromatic heterocycles. The van der Waals surface area contributed by atoms with Crippen molar-refractivity contribution in [3.63, 3.8) is 0 Å². The van der Waals surface area contributed by atoms with Crippen LogP contribution in [0, 0.1) is 5.41 Å². The molecule has 2 aromatic rings. The standard InChI is InChI=1S/C20H25N3O/c1-23-18(24)12-17(15-6-3-2-4-7-15)22-19(23)16-8-10-20(13-16)9-5-11-21-14-20/h2-4,6-7,12,16,21H,5,8-11,13-14H2,1H3. The molecule has 4 rings (SSSR count). The molecule has 1 spiro atoms. The molecule has 2 aliphatic rings. The molecule has 1 aromatic carbocycles. The fourth-order valence-electron chi connectivity index (χ4n) is 4.52. The molecule has 24 heavy (non-hydrogen) atoms. The molecule has 1 N–H and O–H groups in total. The van der Waals surface area contributed by atoms with E-state index < -0.39 is 0 Å². The lowest BCUT2D eigenvalue weighted by Crippen LogP contribution is -2.38. The largest absolute Gasteiger partial charge is 0.316 e. The third kappa shape index (κ3) is 2.80. The third-order valence-corrected chi connectivity index (χ3v) is 5.87. The predicted octanol–water partition coefficient (Wildman–Crippen LogP) is 3.08. The molecular weight excluding hydrogens is 298 g/mol. The zero-order valence-corrected chi connectivity index (χ0v) is 14.3. The number of hydrogen-bond acceptors (Lipinski definition) is 3. The van der Waals surface area contributed by atoms with Gasteiger partial charge < -0.3 is 5.32 Å². The number of aromatic nitrogens is 2. The van der Waals surface area contributed by atoms with Gasteiger partial charge in [-0.2, -0.15) is 0 Å². The van der Waals surface area contributed by atoms with Crippen molar-refractivity contribution in [1.29, 1.82) is 0 Å². The molecule has 0 amide bonds. The average Bonchev–Trinajstić information content (AvgIpc) is 3.02. The summed E-state index contributed by atoms with van der Waals surface area (Å²) < 4.78 is 1.76. The second-order valence-corrected chi connectivity index (χ2v) is 7.48. The van der Waals surface area contributed by atoms with Gasteiger partial charge in [-0.05, 0) is 44.1 Å². The first-order valence-corrected chi connectivity index (χ1v) is 9.01. The molecule has 1 saturated carbocycles. The zero-order chi connectivity index (χ0) is 16.6. The van der Waals surface area contributed by atoms with Crippen molar-refractivity contribution in [2.45, 2.75) is 38.0 Å². The number of rotatable bonds is 2. The second kappa shape index (κ2) is 6.17. The first kappa shape index (κ1) is 15.6. The predicted molar refractivity (Wildman–Crippen MR) is 96.0 cm³/mol. The fraction of sp³-hybridized carbons (Fsp3) is 0.500. The second-order valence-electron chi connectivity index (χ2n) is 7.48. The Morgan fingerprint density at radius 3 is 2.83 bits per heavy atom. The smallest absolute Gasteiger partial charge is 0.253 e. The Bertz CT molecular complexity index is 775. The molecule has 126 valence electrons. The minimum absolute atomic E-state index is 0.0431. The summed E-state index contributed by atoms with van der Waals surface area (Å²) in [4.78, 5) is 17.4. The number of benzene rings is 1. The molecule has 0 bridgehead atoms. The van der Waals surface area contributed by atoms with Gasteiger partial charge in [0, 0.05) is 31.1 Å². The van der Waals surface area contributed by atoms with E-state index >= 15 is 0 Å². The minimum Gasteiger partial charge on any atom is -0.316 e. The van der Waals surface area contributed by atoms with E-state index in [2.05, 4.69) is 5.32 Å². The number of nitrogens with one attached hydrogen (secondary N) is 1. The highest BCUT2D eigenvalue weighted by Gasteiger charge is 2.41. The van der Waals surface area contributed by atoms with Gasteiger partial charge in [-0.3, -0.25) is 9.36 Å². The third-order valence-electron chi connectivity index (χ3n) is 5.87. The summed E-state index contributed by atoms with van der Waals surface area (Å²) in [5.74, 6) is 1.36. The van der Waals surface area contributed by atoms with Crippen LogP contribution in [0.15, 0.2) is 41.2 Å². The van der Waals surface area contributed by atoms with Crippen LogP contribution in [0.3, 0.4) is 0 Å². The highest BCUT2D eigenvalue weighted by Crippen LogP contribution is 2.49. The first-order chi connectivity index (χ1) is 11.7. The van der Waals surface area contributed by atoms with Gasteiger partial charge in [0.15, 0.2) is 0 Å². The molecule has 1 saturated heterocycles. The molecule has 1 aliphatic heterocycles. The van der Waals surface area contributed by atoms with Crippen molar-refractivity contribution >= 4 is 0 Å². The van der Waals surface area contributed by atoms with Crippen molar-refractivity contribution in [1.82, 2.24) is 14.9 Å². The van der Waals surface area contributed by atoms with Crippen molar-refractivity contribution in [2.75, 3.05) is 13.1 Å². The van der Waals surface area contributed by atoms with Gasteiger partial charge in [-0.25, -0.2) is 4.98 Å². The van der Waals surface area contributed by atoms with Crippen LogP contribution >= 0.6 is 0 Å². The fourth-order valence-corrected chi connectivity index (χ4v) is 4.52. The van der Waals surface area contributed by atoms with Crippen LogP contribution in [0.4, 0.5) is 0 Å². The Morgan fingerprint density at radius 2 is 2.08 bits per heavy atom. The Kier molecular flexibility index (Phi) is 4.01. The van der Waals surface area contributed by atoms with Crippen LogP contribution in [-0.2, 0) is 7.05 Å². The van der Waals surface area contributed by atoms with Crippen LogP contribution < -0.4 is 10.9 Å². The van der Waals surface area contributed by atoms with E-state index in [1.54, 1.807) is 10.6 Å². The molecule has 2 fully saturated rings. The van der Waals surface area contributed by atoms with Crippen molar-refractivity contribution in [3.05, 3.63) is 52.6 Å². The molecular formula is C20H25N3O. The van der Waals surface area contributed by atoms with E-state index in [1.807, 2.05) is 37.4 Å². The maximum Gasteiger partial charge on any atom is 0.253 e. The summed E-state index contributed by atoms with van der Waals surface area (Å²) in [6.07, 6.45) is 6.11. The van der Waals surface area contributed by atoms with Gasteiger partial charge in [0.1, 0.15) is 5.82 Å². The normalized spacial score (nSPS) is 26.8. The first-order valence-electron chi connectivity index (χ1n) is 9.01. The van der Waals surface area contributed by atoms with Crippen LogP contribution in [0.5, 0.6) is 0 Å². The van der Waals surface area contributed by atoms with Gasteiger partial charge in [-0.15, -0.1) is 0 Å². The van der Waals surface area contributed by atoms with E-state index in [9.17, 15) is 4.79 Å². The topological polar surface area (TPSA) is 46.9 Å². The van der Waals surface area contributed by atoms with E-state index in [1.165, 1.54) is 19.3 Å². The maximum absolute atomic E-state index is 12.5. The SMILES string of the molecule is Cn1c(C2CCC3(CCCNC3)C2)nc(-c2ccccc2)cc1=O. The summed E-state index contributed by atoms with van der Waals surface area (Å²) in [6, 6.07) is 11.7. The average molecular weight is 323 g/mol. The number of nitrogens with zero attached hydrogens (tertiary/aromatic N) is 2. The molecule has 4 heteroatoms. The van der Waals surface area contributed by atoms with Crippen molar-refractivity contribution in [3.8, 4) is 11.3 Å². The summed E-state index contributed by atoms with van der Waals surface area (Å²) in [5.41, 5.74) is 2.28. The molecule has 2 atom stereocenters. The van der Waals surface area contributed by atoms with Crippen LogP contribution in [-0.4, -0.2) is 22.6 Å². The van der Waals surface area contributed by atoms with E-state index in [4.69, 9.17) is 4.98 Å². The van der Waals surface area contributed by atoms with E-state index in [-0.39, 0.29) is 5.56 Å². The van der Waals surface area contributed by atoms with Crippen molar-refractivity contribution < 1.29 is 0 Å². The highest BCUT2D eigenvalue weighted by molar-refractivity contribution is 5.58. The maximum atomic E-state index is 12.5. The summed E-state index contributed by atoms with van der Waals surface area (Å²) in [7, 11) is 1.86.